The Bertz CT molecular complexity index is 862. The second-order valence-electron chi connectivity index (χ2n) is 9.22. The smallest absolute Gasteiger partial charge is 0.334 e. The summed E-state index contributed by atoms with van der Waals surface area (Å²) >= 11 is 0. The minimum atomic E-state index is -0.584. The average molecular weight is 476 g/mol. The zero-order chi connectivity index (χ0) is 24.8. The number of nitrogens with zero attached hydrogens (tertiary/aromatic N) is 4. The molecule has 10 heteroatoms. The summed E-state index contributed by atoms with van der Waals surface area (Å²) < 4.78 is 10.3. The molecule has 2 atom stereocenters. The number of amides is 4. The number of ether oxygens (including phenoxy) is 2. The van der Waals surface area contributed by atoms with Crippen LogP contribution in [-0.2, 0) is 20.9 Å². The van der Waals surface area contributed by atoms with E-state index in [9.17, 15) is 14.4 Å². The average Bonchev–Trinajstić information content (AvgIpc) is 2.80. The highest BCUT2D eigenvalue weighted by Crippen LogP contribution is 2.29. The van der Waals surface area contributed by atoms with Gasteiger partial charge in [0.25, 0.3) is 0 Å². The molecule has 34 heavy (non-hydrogen) atoms. The molecule has 2 aliphatic heterocycles. The summed E-state index contributed by atoms with van der Waals surface area (Å²) in [6.07, 6.45) is 0.676. The lowest BCUT2D eigenvalue weighted by atomic mass is 9.97. The summed E-state index contributed by atoms with van der Waals surface area (Å²) in [5.74, 6) is 0.773. The molecular weight excluding hydrogens is 438 g/mol. The summed E-state index contributed by atoms with van der Waals surface area (Å²) in [6.45, 7) is 5.77. The molecule has 2 heterocycles. The Morgan fingerprint density at radius 1 is 1.18 bits per heavy atom. The second-order valence-corrected chi connectivity index (χ2v) is 9.22. The van der Waals surface area contributed by atoms with Crippen LogP contribution >= 0.6 is 0 Å². The van der Waals surface area contributed by atoms with E-state index < -0.39 is 12.2 Å². The van der Waals surface area contributed by atoms with Crippen molar-refractivity contribution < 1.29 is 23.9 Å². The second kappa shape index (κ2) is 11.5. The Balaban J connectivity index is 1.80. The number of hydrazine groups is 1. The molecular formula is C24H37N5O5. The van der Waals surface area contributed by atoms with Gasteiger partial charge in [0, 0.05) is 33.9 Å². The van der Waals surface area contributed by atoms with Gasteiger partial charge in [-0.05, 0) is 36.5 Å². The number of piperazine rings is 1. The van der Waals surface area contributed by atoms with Gasteiger partial charge in [0.2, 0.25) is 11.8 Å². The Kier molecular flexibility index (Phi) is 8.73. The number of carbonyl (C=O) groups excluding carboxylic acids is 3. The summed E-state index contributed by atoms with van der Waals surface area (Å²) in [5, 5.41) is 6.18. The Labute approximate surface area is 201 Å². The standard InChI is InChI=1S/C24H37N5O5/c1-17(2)13-20-23(31)27(11-6-12-33-4)15-21-28(20)22(30)16-26(3)29(21)24(32)25-14-18-7-9-19(34-5)10-8-18/h7-10,17,20-21H,6,11-16H2,1-5H3,(H,25,32)/t20-,21-/m0/s1. The van der Waals surface area contributed by atoms with Gasteiger partial charge < -0.3 is 24.6 Å². The van der Waals surface area contributed by atoms with Crippen molar-refractivity contribution in [3.63, 3.8) is 0 Å². The van der Waals surface area contributed by atoms with E-state index >= 15 is 0 Å². The van der Waals surface area contributed by atoms with Gasteiger partial charge in [-0.25, -0.2) is 14.8 Å². The maximum Gasteiger partial charge on any atom is 0.334 e. The number of hydrogen-bond acceptors (Lipinski definition) is 6. The van der Waals surface area contributed by atoms with Gasteiger partial charge in [-0.1, -0.05) is 26.0 Å². The van der Waals surface area contributed by atoms with Crippen molar-refractivity contribution in [2.75, 3.05) is 47.5 Å². The SMILES string of the molecule is COCCCN1C[C@H]2N(C(=O)CN(C)N2C(=O)NCc2ccc(OC)cc2)[C@@H](CC(C)C)C1=O. The molecule has 1 N–H and O–H groups in total. The number of hydrogen-bond donors (Lipinski definition) is 1. The van der Waals surface area contributed by atoms with Crippen LogP contribution in [0.15, 0.2) is 24.3 Å². The van der Waals surface area contributed by atoms with Crippen LogP contribution in [0.1, 0.15) is 32.3 Å². The fourth-order valence-electron chi connectivity index (χ4n) is 4.58. The number of carbonyl (C=O) groups is 3. The first-order chi connectivity index (χ1) is 16.3. The fourth-order valence-corrected chi connectivity index (χ4v) is 4.58. The van der Waals surface area contributed by atoms with E-state index in [0.717, 1.165) is 11.3 Å². The first-order valence-corrected chi connectivity index (χ1v) is 11.8. The topological polar surface area (TPSA) is 94.7 Å². The molecule has 2 saturated heterocycles. The largest absolute Gasteiger partial charge is 0.497 e. The lowest BCUT2D eigenvalue weighted by Crippen LogP contribution is -2.76. The normalized spacial score (nSPS) is 21.2. The fraction of sp³-hybridized carbons (Fsp3) is 0.625. The van der Waals surface area contributed by atoms with Crippen LogP contribution in [0.25, 0.3) is 0 Å². The van der Waals surface area contributed by atoms with Crippen molar-refractivity contribution in [3.8, 4) is 5.75 Å². The number of urea groups is 1. The van der Waals surface area contributed by atoms with Crippen molar-refractivity contribution in [1.29, 1.82) is 0 Å². The van der Waals surface area contributed by atoms with Crippen LogP contribution in [0.5, 0.6) is 5.75 Å². The van der Waals surface area contributed by atoms with Gasteiger partial charge in [-0.15, -0.1) is 0 Å². The molecule has 4 amide bonds. The van der Waals surface area contributed by atoms with Crippen LogP contribution < -0.4 is 10.1 Å². The van der Waals surface area contributed by atoms with Gasteiger partial charge in [0.1, 0.15) is 18.0 Å². The van der Waals surface area contributed by atoms with Crippen molar-refractivity contribution >= 4 is 17.8 Å². The molecule has 0 aliphatic carbocycles. The van der Waals surface area contributed by atoms with Crippen LogP contribution in [0, 0.1) is 5.92 Å². The van der Waals surface area contributed by atoms with Crippen LogP contribution in [-0.4, -0.2) is 97.4 Å². The lowest BCUT2D eigenvalue weighted by Gasteiger charge is -2.54. The zero-order valence-electron chi connectivity index (χ0n) is 20.8. The molecule has 2 aliphatic rings. The summed E-state index contributed by atoms with van der Waals surface area (Å²) in [4.78, 5) is 43.1. The Morgan fingerprint density at radius 2 is 1.88 bits per heavy atom. The van der Waals surface area contributed by atoms with E-state index in [2.05, 4.69) is 5.32 Å². The summed E-state index contributed by atoms with van der Waals surface area (Å²) in [6, 6.07) is 6.58. The molecule has 0 bridgehead atoms. The maximum absolute atomic E-state index is 13.3. The zero-order valence-corrected chi connectivity index (χ0v) is 20.8. The van der Waals surface area contributed by atoms with E-state index in [1.807, 2.05) is 38.1 Å². The number of likely N-dealkylation sites (N-methyl/N-ethyl adjacent to an activating group) is 1. The molecule has 188 valence electrons. The number of rotatable bonds is 9. The van der Waals surface area contributed by atoms with Crippen LogP contribution in [0.4, 0.5) is 4.79 Å². The minimum absolute atomic E-state index is 0.0397. The Morgan fingerprint density at radius 3 is 2.50 bits per heavy atom. The third-order valence-electron chi connectivity index (χ3n) is 6.22. The number of methoxy groups -OCH3 is 2. The van der Waals surface area contributed by atoms with Gasteiger partial charge in [0.05, 0.1) is 20.2 Å². The molecule has 1 aromatic rings. The van der Waals surface area contributed by atoms with E-state index in [-0.39, 0.29) is 36.9 Å². The van der Waals surface area contributed by atoms with Crippen LogP contribution in [0.3, 0.4) is 0 Å². The highest BCUT2D eigenvalue weighted by molar-refractivity contribution is 5.91. The maximum atomic E-state index is 13.3. The van der Waals surface area contributed by atoms with Gasteiger partial charge in [-0.2, -0.15) is 0 Å². The third kappa shape index (κ3) is 5.79. The Hall–Kier alpha value is -2.85. The molecule has 0 saturated carbocycles. The van der Waals surface area contributed by atoms with Gasteiger partial charge in [0.15, 0.2) is 0 Å². The molecule has 3 rings (SSSR count). The monoisotopic (exact) mass is 475 g/mol. The van der Waals surface area contributed by atoms with Gasteiger partial charge in [-0.3, -0.25) is 9.59 Å². The summed E-state index contributed by atoms with van der Waals surface area (Å²) in [7, 11) is 4.96. The predicted molar refractivity (Wildman–Crippen MR) is 127 cm³/mol. The molecule has 0 radical (unpaired) electrons. The predicted octanol–water partition coefficient (Wildman–Crippen LogP) is 1.52. The van der Waals surface area contributed by atoms with Gasteiger partial charge >= 0.3 is 6.03 Å². The lowest BCUT2D eigenvalue weighted by molar-refractivity contribution is -0.188. The van der Waals surface area contributed by atoms with Crippen molar-refractivity contribution in [1.82, 2.24) is 25.1 Å². The molecule has 10 nitrogen and oxygen atoms in total. The number of nitrogens with one attached hydrogen (secondary N) is 1. The minimum Gasteiger partial charge on any atom is -0.497 e. The molecule has 2 fully saturated rings. The molecule has 0 unspecified atom stereocenters. The van der Waals surface area contributed by atoms with E-state index in [1.54, 1.807) is 41.1 Å². The molecule has 1 aromatic carbocycles. The summed E-state index contributed by atoms with van der Waals surface area (Å²) in [5.41, 5.74) is 0.930. The van der Waals surface area contributed by atoms with Crippen molar-refractivity contribution in [2.45, 2.75) is 45.4 Å². The van der Waals surface area contributed by atoms with Crippen molar-refractivity contribution in [3.05, 3.63) is 29.8 Å². The number of fused-ring (bicyclic) bond motifs is 1. The highest BCUT2D eigenvalue weighted by Gasteiger charge is 2.50. The highest BCUT2D eigenvalue weighted by atomic mass is 16.5. The van der Waals surface area contributed by atoms with E-state index in [0.29, 0.717) is 32.5 Å². The first-order valence-electron chi connectivity index (χ1n) is 11.8. The van der Waals surface area contributed by atoms with Crippen molar-refractivity contribution in [2.24, 2.45) is 5.92 Å². The van der Waals surface area contributed by atoms with Crippen LogP contribution in [0.2, 0.25) is 0 Å². The third-order valence-corrected chi connectivity index (χ3v) is 6.22. The number of benzene rings is 1. The van der Waals surface area contributed by atoms with E-state index in [1.165, 1.54) is 0 Å². The van der Waals surface area contributed by atoms with E-state index in [4.69, 9.17) is 9.47 Å². The first kappa shape index (κ1) is 25.8. The quantitative estimate of drug-likeness (QED) is 0.544. The molecule has 0 spiro atoms. The molecule has 0 aromatic heterocycles.